The number of aromatic nitrogens is 1. The Balaban J connectivity index is 2.84. The zero-order valence-corrected chi connectivity index (χ0v) is 8.20. The zero-order chi connectivity index (χ0) is 10.1. The van der Waals surface area contributed by atoms with E-state index in [1.54, 1.807) is 6.07 Å². The number of pyridine rings is 1. The Morgan fingerprint density at radius 2 is 2.00 bits per heavy atom. The van der Waals surface area contributed by atoms with Gasteiger partial charge in [0.1, 0.15) is 0 Å². The topological polar surface area (TPSA) is 36.7 Å². The van der Waals surface area contributed by atoms with Gasteiger partial charge in [-0.15, -0.1) is 0 Å². The van der Waals surface area contributed by atoms with Crippen molar-refractivity contribution in [3.8, 4) is 6.07 Å². The Morgan fingerprint density at radius 1 is 1.21 bits per heavy atom. The van der Waals surface area contributed by atoms with Gasteiger partial charge in [-0.1, -0.05) is 0 Å². The van der Waals surface area contributed by atoms with Crippen LogP contribution in [0.5, 0.6) is 0 Å². The van der Waals surface area contributed by atoms with Crippen LogP contribution in [0.3, 0.4) is 0 Å². The summed E-state index contributed by atoms with van der Waals surface area (Å²) in [5.41, 5.74) is 3.83. The summed E-state index contributed by atoms with van der Waals surface area (Å²) in [7, 11) is 0. The van der Waals surface area contributed by atoms with Crippen LogP contribution in [0.25, 0.3) is 10.9 Å². The third-order valence-electron chi connectivity index (χ3n) is 2.27. The van der Waals surface area contributed by atoms with Crippen molar-refractivity contribution in [2.75, 3.05) is 0 Å². The molecule has 1 aromatic carbocycles. The van der Waals surface area contributed by atoms with E-state index in [1.807, 2.05) is 32.0 Å². The van der Waals surface area contributed by atoms with Crippen molar-refractivity contribution < 1.29 is 0 Å². The van der Waals surface area contributed by atoms with Crippen molar-refractivity contribution in [1.29, 1.82) is 5.26 Å². The largest absolute Gasteiger partial charge is 0.253 e. The first-order valence-corrected chi connectivity index (χ1v) is 4.49. The summed E-state index contributed by atoms with van der Waals surface area (Å²) in [4.78, 5) is 4.40. The zero-order valence-electron chi connectivity index (χ0n) is 8.20. The van der Waals surface area contributed by atoms with Gasteiger partial charge in [-0.2, -0.15) is 5.26 Å². The molecule has 0 saturated carbocycles. The summed E-state index contributed by atoms with van der Waals surface area (Å²) in [6.07, 6.45) is 0. The monoisotopic (exact) mass is 182 g/mol. The Labute approximate surface area is 82.8 Å². The van der Waals surface area contributed by atoms with Gasteiger partial charge in [0.2, 0.25) is 0 Å². The van der Waals surface area contributed by atoms with E-state index in [9.17, 15) is 0 Å². The molecule has 2 aromatic rings. The van der Waals surface area contributed by atoms with Gasteiger partial charge < -0.3 is 0 Å². The summed E-state index contributed by atoms with van der Waals surface area (Å²) in [6, 6.07) is 9.75. The molecule has 0 saturated heterocycles. The van der Waals surface area contributed by atoms with Gasteiger partial charge in [0, 0.05) is 11.1 Å². The lowest BCUT2D eigenvalue weighted by atomic mass is 10.1. The van der Waals surface area contributed by atoms with Crippen molar-refractivity contribution in [2.45, 2.75) is 13.8 Å². The van der Waals surface area contributed by atoms with Crippen molar-refractivity contribution in [3.63, 3.8) is 0 Å². The molecule has 0 fully saturated rings. The Kier molecular flexibility index (Phi) is 1.94. The van der Waals surface area contributed by atoms with E-state index in [4.69, 9.17) is 5.26 Å². The molecule has 0 radical (unpaired) electrons. The second-order valence-corrected chi connectivity index (χ2v) is 3.42. The molecule has 2 heteroatoms. The number of hydrogen-bond acceptors (Lipinski definition) is 2. The fourth-order valence-corrected chi connectivity index (χ4v) is 1.63. The highest BCUT2D eigenvalue weighted by Crippen LogP contribution is 2.18. The molecular weight excluding hydrogens is 172 g/mol. The number of rotatable bonds is 0. The Hall–Kier alpha value is -1.88. The highest BCUT2D eigenvalue weighted by molar-refractivity contribution is 5.83. The lowest BCUT2D eigenvalue weighted by Crippen LogP contribution is -1.87. The van der Waals surface area contributed by atoms with E-state index in [0.29, 0.717) is 5.56 Å². The molecular formula is C12H10N2. The molecule has 0 bridgehead atoms. The van der Waals surface area contributed by atoms with Gasteiger partial charge in [0.15, 0.2) is 0 Å². The number of fused-ring (bicyclic) bond motifs is 1. The molecule has 1 aromatic heterocycles. The van der Waals surface area contributed by atoms with Crippen LogP contribution in [0, 0.1) is 25.2 Å². The van der Waals surface area contributed by atoms with E-state index in [2.05, 4.69) is 11.1 Å². The first-order valence-electron chi connectivity index (χ1n) is 4.49. The maximum atomic E-state index is 8.77. The minimum absolute atomic E-state index is 0.686. The van der Waals surface area contributed by atoms with Gasteiger partial charge >= 0.3 is 0 Å². The van der Waals surface area contributed by atoms with E-state index in [0.717, 1.165) is 16.6 Å². The number of nitrogens with zero attached hydrogens (tertiary/aromatic N) is 2. The van der Waals surface area contributed by atoms with Crippen molar-refractivity contribution in [1.82, 2.24) is 4.98 Å². The summed E-state index contributed by atoms with van der Waals surface area (Å²) in [5.74, 6) is 0. The molecule has 0 N–H and O–H groups in total. The number of aryl methyl sites for hydroxylation is 2. The first-order chi connectivity index (χ1) is 6.70. The van der Waals surface area contributed by atoms with Crippen molar-refractivity contribution in [3.05, 3.63) is 41.1 Å². The van der Waals surface area contributed by atoms with E-state index < -0.39 is 0 Å². The quantitative estimate of drug-likeness (QED) is 0.628. The van der Waals surface area contributed by atoms with Crippen LogP contribution in [0.15, 0.2) is 24.3 Å². The van der Waals surface area contributed by atoms with Crippen molar-refractivity contribution in [2.24, 2.45) is 0 Å². The minimum atomic E-state index is 0.686. The van der Waals surface area contributed by atoms with Gasteiger partial charge in [0.05, 0.1) is 17.1 Å². The second-order valence-electron chi connectivity index (χ2n) is 3.42. The van der Waals surface area contributed by atoms with Gasteiger partial charge in [-0.25, -0.2) is 0 Å². The van der Waals surface area contributed by atoms with E-state index >= 15 is 0 Å². The molecule has 0 atom stereocenters. The molecule has 0 amide bonds. The molecule has 0 aliphatic heterocycles. The molecule has 0 spiro atoms. The molecule has 14 heavy (non-hydrogen) atoms. The third kappa shape index (κ3) is 1.33. The summed E-state index contributed by atoms with van der Waals surface area (Å²) < 4.78 is 0. The molecule has 2 nitrogen and oxygen atoms in total. The standard InChI is InChI=1S/C12H10N2/c1-8-5-9(2)14-12-4-3-10(7-13)6-11(8)12/h3-6H,1-2H3. The van der Waals surface area contributed by atoms with Crippen LogP contribution in [-0.4, -0.2) is 4.98 Å². The Bertz CT molecular complexity index is 536. The SMILES string of the molecule is Cc1cc(C)c2cc(C#N)ccc2n1. The van der Waals surface area contributed by atoms with Crippen LogP contribution in [-0.2, 0) is 0 Å². The van der Waals surface area contributed by atoms with Crippen LogP contribution < -0.4 is 0 Å². The molecule has 0 aliphatic carbocycles. The predicted octanol–water partition coefficient (Wildman–Crippen LogP) is 2.72. The smallest absolute Gasteiger partial charge is 0.0991 e. The Morgan fingerprint density at radius 3 is 2.71 bits per heavy atom. The normalized spacial score (nSPS) is 10.1. The summed E-state index contributed by atoms with van der Waals surface area (Å²) >= 11 is 0. The maximum absolute atomic E-state index is 8.77. The average Bonchev–Trinajstić information content (AvgIpc) is 2.17. The summed E-state index contributed by atoms with van der Waals surface area (Å²) in [5, 5.41) is 9.84. The van der Waals surface area contributed by atoms with Crippen LogP contribution >= 0.6 is 0 Å². The van der Waals surface area contributed by atoms with Crippen LogP contribution in [0.4, 0.5) is 0 Å². The van der Waals surface area contributed by atoms with Gasteiger partial charge in [0.25, 0.3) is 0 Å². The van der Waals surface area contributed by atoms with E-state index in [1.165, 1.54) is 5.56 Å². The summed E-state index contributed by atoms with van der Waals surface area (Å²) in [6.45, 7) is 4.02. The highest BCUT2D eigenvalue weighted by Gasteiger charge is 2.01. The molecule has 68 valence electrons. The number of hydrogen-bond donors (Lipinski definition) is 0. The highest BCUT2D eigenvalue weighted by atomic mass is 14.7. The maximum Gasteiger partial charge on any atom is 0.0991 e. The second kappa shape index (κ2) is 3.12. The minimum Gasteiger partial charge on any atom is -0.253 e. The van der Waals surface area contributed by atoms with Crippen molar-refractivity contribution >= 4 is 10.9 Å². The third-order valence-corrected chi connectivity index (χ3v) is 2.27. The van der Waals surface area contributed by atoms with E-state index in [-0.39, 0.29) is 0 Å². The lowest BCUT2D eigenvalue weighted by Gasteiger charge is -2.03. The molecule has 1 heterocycles. The number of benzene rings is 1. The fourth-order valence-electron chi connectivity index (χ4n) is 1.63. The molecule has 2 rings (SSSR count). The van der Waals surface area contributed by atoms with Crippen LogP contribution in [0.2, 0.25) is 0 Å². The fraction of sp³-hybridized carbons (Fsp3) is 0.167. The van der Waals surface area contributed by atoms with Gasteiger partial charge in [-0.3, -0.25) is 4.98 Å². The predicted molar refractivity (Wildman–Crippen MR) is 55.9 cm³/mol. The number of nitriles is 1. The lowest BCUT2D eigenvalue weighted by molar-refractivity contribution is 1.23. The van der Waals surface area contributed by atoms with Gasteiger partial charge in [-0.05, 0) is 43.7 Å². The molecule has 0 unspecified atom stereocenters. The molecule has 0 aliphatic rings. The van der Waals surface area contributed by atoms with Crippen LogP contribution in [0.1, 0.15) is 16.8 Å². The first kappa shape index (κ1) is 8.71. The average molecular weight is 182 g/mol.